The first kappa shape index (κ1) is 21.2. The summed E-state index contributed by atoms with van der Waals surface area (Å²) < 4.78 is 18.6. The molecule has 136 valence electrons. The predicted molar refractivity (Wildman–Crippen MR) is 111 cm³/mol. The van der Waals surface area contributed by atoms with Crippen LogP contribution in [0.2, 0.25) is 0 Å². The summed E-state index contributed by atoms with van der Waals surface area (Å²) >= 11 is 0. The van der Waals surface area contributed by atoms with Crippen molar-refractivity contribution in [1.82, 2.24) is 10.2 Å². The highest BCUT2D eigenvalue weighted by molar-refractivity contribution is 14.0. The van der Waals surface area contributed by atoms with E-state index in [0.717, 1.165) is 29.3 Å². The zero-order chi connectivity index (χ0) is 17.4. The van der Waals surface area contributed by atoms with Gasteiger partial charge in [0.1, 0.15) is 11.6 Å². The van der Waals surface area contributed by atoms with Gasteiger partial charge in [0, 0.05) is 32.7 Å². The monoisotopic (exact) mass is 457 g/mol. The van der Waals surface area contributed by atoms with Gasteiger partial charge in [0.2, 0.25) is 0 Å². The van der Waals surface area contributed by atoms with E-state index in [1.54, 1.807) is 26.3 Å². The Morgan fingerprint density at radius 1 is 1.20 bits per heavy atom. The first-order valence-electron chi connectivity index (χ1n) is 7.92. The number of ether oxygens (including phenoxy) is 1. The lowest BCUT2D eigenvalue weighted by atomic mass is 10.1. The summed E-state index contributed by atoms with van der Waals surface area (Å²) in [4.78, 5) is 6.34. The Hall–Kier alpha value is -1.83. The van der Waals surface area contributed by atoms with Crippen LogP contribution in [-0.4, -0.2) is 38.6 Å². The van der Waals surface area contributed by atoms with E-state index < -0.39 is 0 Å². The van der Waals surface area contributed by atoms with E-state index in [1.807, 2.05) is 42.3 Å². The van der Waals surface area contributed by atoms with Gasteiger partial charge < -0.3 is 15.0 Å². The van der Waals surface area contributed by atoms with Crippen molar-refractivity contribution in [3.8, 4) is 5.75 Å². The molecule has 0 spiro atoms. The summed E-state index contributed by atoms with van der Waals surface area (Å²) in [5, 5.41) is 3.31. The molecule has 6 heteroatoms. The fraction of sp³-hybridized carbons (Fsp3) is 0.316. The molecule has 0 unspecified atom stereocenters. The third kappa shape index (κ3) is 6.53. The molecular formula is C19H25FIN3O. The van der Waals surface area contributed by atoms with Gasteiger partial charge in [-0.2, -0.15) is 0 Å². The van der Waals surface area contributed by atoms with Crippen LogP contribution in [0.5, 0.6) is 5.75 Å². The smallest absolute Gasteiger partial charge is 0.193 e. The third-order valence-electron chi connectivity index (χ3n) is 3.76. The average Bonchev–Trinajstić information content (AvgIpc) is 2.59. The Kier molecular flexibility index (Phi) is 9.26. The second-order valence-electron chi connectivity index (χ2n) is 5.52. The number of rotatable bonds is 6. The van der Waals surface area contributed by atoms with Gasteiger partial charge >= 0.3 is 0 Å². The summed E-state index contributed by atoms with van der Waals surface area (Å²) in [6.07, 6.45) is 0.735. The van der Waals surface area contributed by atoms with E-state index >= 15 is 0 Å². The number of nitrogens with one attached hydrogen (secondary N) is 1. The van der Waals surface area contributed by atoms with Crippen LogP contribution in [0.1, 0.15) is 11.1 Å². The molecule has 1 N–H and O–H groups in total. The van der Waals surface area contributed by atoms with Gasteiger partial charge in [-0.15, -0.1) is 24.0 Å². The van der Waals surface area contributed by atoms with E-state index in [9.17, 15) is 4.39 Å². The molecule has 0 heterocycles. The molecule has 0 aliphatic carbocycles. The van der Waals surface area contributed by atoms with Crippen LogP contribution in [0, 0.1) is 5.82 Å². The van der Waals surface area contributed by atoms with Crippen LogP contribution < -0.4 is 10.1 Å². The van der Waals surface area contributed by atoms with Crippen molar-refractivity contribution in [2.75, 3.05) is 27.7 Å². The van der Waals surface area contributed by atoms with Crippen molar-refractivity contribution in [1.29, 1.82) is 0 Å². The Balaban J connectivity index is 0.00000312. The lowest BCUT2D eigenvalue weighted by Crippen LogP contribution is -2.39. The fourth-order valence-corrected chi connectivity index (χ4v) is 2.56. The lowest BCUT2D eigenvalue weighted by molar-refractivity contribution is 0.396. The molecule has 0 fully saturated rings. The summed E-state index contributed by atoms with van der Waals surface area (Å²) in [5.41, 5.74) is 2.06. The van der Waals surface area contributed by atoms with Crippen LogP contribution >= 0.6 is 24.0 Å². The Morgan fingerprint density at radius 2 is 1.96 bits per heavy atom. The SMILES string of the molecule is CN=C(NCCc1cccc(F)c1)N(C)Cc1ccccc1OC.I. The zero-order valence-electron chi connectivity index (χ0n) is 14.8. The van der Waals surface area contributed by atoms with Gasteiger partial charge in [0.05, 0.1) is 7.11 Å². The van der Waals surface area contributed by atoms with Crippen LogP contribution in [0.25, 0.3) is 0 Å². The van der Waals surface area contributed by atoms with Crippen LogP contribution in [0.3, 0.4) is 0 Å². The standard InChI is InChI=1S/C19H24FN3O.HI/c1-21-19(22-12-11-15-7-6-9-17(20)13-15)23(2)14-16-8-4-5-10-18(16)24-3;/h4-10,13H,11-12,14H2,1-3H3,(H,21,22);1H. The average molecular weight is 457 g/mol. The van der Waals surface area contributed by atoms with E-state index in [-0.39, 0.29) is 29.8 Å². The number of para-hydroxylation sites is 1. The topological polar surface area (TPSA) is 36.9 Å². The van der Waals surface area contributed by atoms with Crippen LogP contribution in [0.4, 0.5) is 4.39 Å². The number of guanidine groups is 1. The number of hydrogen-bond donors (Lipinski definition) is 1. The maximum absolute atomic E-state index is 13.2. The minimum atomic E-state index is -0.204. The molecule has 0 aromatic heterocycles. The van der Waals surface area contributed by atoms with E-state index in [4.69, 9.17) is 4.74 Å². The number of aliphatic imine (C=N–C) groups is 1. The first-order valence-corrected chi connectivity index (χ1v) is 7.92. The molecule has 2 aromatic carbocycles. The number of nitrogens with zero attached hydrogens (tertiary/aromatic N) is 2. The number of halogens is 2. The van der Waals surface area contributed by atoms with Gasteiger partial charge in [-0.3, -0.25) is 4.99 Å². The Bertz CT molecular complexity index is 694. The summed E-state index contributed by atoms with van der Waals surface area (Å²) in [7, 11) is 5.40. The largest absolute Gasteiger partial charge is 0.496 e. The van der Waals surface area contributed by atoms with E-state index in [1.165, 1.54) is 6.07 Å². The molecule has 0 atom stereocenters. The Morgan fingerprint density at radius 3 is 2.64 bits per heavy atom. The van der Waals surface area contributed by atoms with Crippen molar-refractivity contribution in [2.24, 2.45) is 4.99 Å². The number of methoxy groups -OCH3 is 1. The third-order valence-corrected chi connectivity index (χ3v) is 3.76. The molecule has 2 rings (SSSR count). The highest BCUT2D eigenvalue weighted by Crippen LogP contribution is 2.18. The molecule has 0 saturated carbocycles. The van der Waals surface area contributed by atoms with E-state index in [2.05, 4.69) is 10.3 Å². The molecule has 4 nitrogen and oxygen atoms in total. The normalized spacial score (nSPS) is 10.8. The van der Waals surface area contributed by atoms with Crippen molar-refractivity contribution in [3.05, 3.63) is 65.5 Å². The maximum Gasteiger partial charge on any atom is 0.193 e. The second-order valence-corrected chi connectivity index (χ2v) is 5.52. The zero-order valence-corrected chi connectivity index (χ0v) is 17.2. The summed E-state index contributed by atoms with van der Waals surface area (Å²) in [6, 6.07) is 14.6. The number of hydrogen-bond acceptors (Lipinski definition) is 2. The van der Waals surface area contributed by atoms with Crippen LogP contribution in [0.15, 0.2) is 53.5 Å². The molecule has 0 aliphatic rings. The molecule has 2 aromatic rings. The van der Waals surface area contributed by atoms with Crippen molar-refractivity contribution in [3.63, 3.8) is 0 Å². The molecule has 25 heavy (non-hydrogen) atoms. The highest BCUT2D eigenvalue weighted by Gasteiger charge is 2.09. The van der Waals surface area contributed by atoms with Gasteiger partial charge in [0.25, 0.3) is 0 Å². The minimum Gasteiger partial charge on any atom is -0.496 e. The van der Waals surface area contributed by atoms with Crippen molar-refractivity contribution < 1.29 is 9.13 Å². The molecule has 0 saturated heterocycles. The molecular weight excluding hydrogens is 432 g/mol. The van der Waals surface area contributed by atoms with E-state index in [0.29, 0.717) is 13.1 Å². The summed E-state index contributed by atoms with van der Waals surface area (Å²) in [5.74, 6) is 1.45. The number of benzene rings is 2. The van der Waals surface area contributed by atoms with Crippen molar-refractivity contribution in [2.45, 2.75) is 13.0 Å². The minimum absolute atomic E-state index is 0. The molecule has 0 bridgehead atoms. The van der Waals surface area contributed by atoms with Gasteiger partial charge in [-0.1, -0.05) is 30.3 Å². The maximum atomic E-state index is 13.2. The summed E-state index contributed by atoms with van der Waals surface area (Å²) in [6.45, 7) is 1.37. The van der Waals surface area contributed by atoms with Gasteiger partial charge in [-0.05, 0) is 30.2 Å². The quantitative estimate of drug-likeness (QED) is 0.409. The molecule has 0 radical (unpaired) electrons. The molecule has 0 amide bonds. The highest BCUT2D eigenvalue weighted by atomic mass is 127. The molecule has 0 aliphatic heterocycles. The Labute approximate surface area is 166 Å². The first-order chi connectivity index (χ1) is 11.6. The van der Waals surface area contributed by atoms with Gasteiger partial charge in [0.15, 0.2) is 5.96 Å². The lowest BCUT2D eigenvalue weighted by Gasteiger charge is -2.23. The second kappa shape index (κ2) is 10.9. The fourth-order valence-electron chi connectivity index (χ4n) is 2.56. The predicted octanol–water partition coefficient (Wildman–Crippen LogP) is 3.70. The van der Waals surface area contributed by atoms with Gasteiger partial charge in [-0.25, -0.2) is 4.39 Å². The van der Waals surface area contributed by atoms with Crippen LogP contribution in [-0.2, 0) is 13.0 Å². The van der Waals surface area contributed by atoms with Crippen molar-refractivity contribution >= 4 is 29.9 Å².